The Morgan fingerprint density at radius 1 is 0.917 bits per heavy atom. The third-order valence-electron chi connectivity index (χ3n) is 3.92. The summed E-state index contributed by atoms with van der Waals surface area (Å²) in [5, 5.41) is 0.685. The van der Waals surface area contributed by atoms with Gasteiger partial charge in [0.05, 0.1) is 11.0 Å². The molecule has 118 valence electrons. The van der Waals surface area contributed by atoms with Gasteiger partial charge in [-0.3, -0.25) is 9.97 Å². The highest BCUT2D eigenvalue weighted by Crippen LogP contribution is 2.26. The van der Waals surface area contributed by atoms with Crippen LogP contribution >= 0.6 is 11.6 Å². The minimum Gasteiger partial charge on any atom is -0.322 e. The van der Waals surface area contributed by atoms with E-state index in [0.717, 1.165) is 41.2 Å². The first-order valence-corrected chi connectivity index (χ1v) is 8.16. The largest absolute Gasteiger partial charge is 0.322 e. The first-order valence-electron chi connectivity index (χ1n) is 7.78. The molecule has 0 amide bonds. The Bertz CT molecular complexity index is 965. The second-order valence-corrected chi connectivity index (χ2v) is 5.94. The molecule has 0 saturated heterocycles. The summed E-state index contributed by atoms with van der Waals surface area (Å²) in [6.07, 6.45) is 4.43. The Balaban J connectivity index is 1.79. The maximum Gasteiger partial charge on any atom is 0.159 e. The van der Waals surface area contributed by atoms with Crippen LogP contribution in [0.15, 0.2) is 67.0 Å². The molecule has 24 heavy (non-hydrogen) atoms. The highest BCUT2D eigenvalue weighted by molar-refractivity contribution is 6.31. The summed E-state index contributed by atoms with van der Waals surface area (Å²) in [6.45, 7) is 0.779. The van der Waals surface area contributed by atoms with Crippen molar-refractivity contribution in [1.82, 2.24) is 19.5 Å². The average molecular weight is 335 g/mol. The lowest BCUT2D eigenvalue weighted by Crippen LogP contribution is -2.05. The molecular formula is C19H15ClN4. The van der Waals surface area contributed by atoms with E-state index in [1.165, 1.54) is 0 Å². The quantitative estimate of drug-likeness (QED) is 0.556. The fraction of sp³-hybridized carbons (Fsp3) is 0.105. The van der Waals surface area contributed by atoms with Crippen molar-refractivity contribution in [3.8, 4) is 11.5 Å². The zero-order chi connectivity index (χ0) is 16.4. The zero-order valence-electron chi connectivity index (χ0n) is 12.9. The topological polar surface area (TPSA) is 43.6 Å². The number of rotatable bonds is 4. The molecular weight excluding hydrogens is 320 g/mol. The van der Waals surface area contributed by atoms with Crippen molar-refractivity contribution in [2.75, 3.05) is 0 Å². The van der Waals surface area contributed by atoms with E-state index >= 15 is 0 Å². The van der Waals surface area contributed by atoms with E-state index in [1.54, 1.807) is 6.20 Å². The summed E-state index contributed by atoms with van der Waals surface area (Å²) >= 11 is 6.12. The van der Waals surface area contributed by atoms with E-state index in [0.29, 0.717) is 5.02 Å². The molecule has 0 atom stereocenters. The van der Waals surface area contributed by atoms with Gasteiger partial charge in [-0.2, -0.15) is 0 Å². The van der Waals surface area contributed by atoms with Crippen molar-refractivity contribution in [3.63, 3.8) is 0 Å². The second-order valence-electron chi connectivity index (χ2n) is 5.51. The predicted molar refractivity (Wildman–Crippen MR) is 95.9 cm³/mol. The Morgan fingerprint density at radius 3 is 2.50 bits per heavy atom. The molecule has 0 spiro atoms. The summed E-state index contributed by atoms with van der Waals surface area (Å²) in [6, 6.07) is 17.6. The molecule has 4 nitrogen and oxygen atoms in total. The molecule has 0 aliphatic rings. The van der Waals surface area contributed by atoms with Crippen LogP contribution in [0, 0.1) is 0 Å². The number of imidazole rings is 1. The smallest absolute Gasteiger partial charge is 0.159 e. The van der Waals surface area contributed by atoms with Gasteiger partial charge in [0.2, 0.25) is 0 Å². The molecule has 0 radical (unpaired) electrons. The van der Waals surface area contributed by atoms with Crippen molar-refractivity contribution in [1.29, 1.82) is 0 Å². The fourth-order valence-corrected chi connectivity index (χ4v) is 2.96. The molecule has 3 heterocycles. The molecule has 0 N–H and O–H groups in total. The molecule has 0 aliphatic heterocycles. The third-order valence-corrected chi connectivity index (χ3v) is 4.16. The van der Waals surface area contributed by atoms with E-state index < -0.39 is 0 Å². The van der Waals surface area contributed by atoms with Gasteiger partial charge in [0.1, 0.15) is 5.69 Å². The normalized spacial score (nSPS) is 11.0. The van der Waals surface area contributed by atoms with Gasteiger partial charge in [-0.05, 0) is 42.5 Å². The molecule has 0 bridgehead atoms. The third kappa shape index (κ3) is 2.88. The van der Waals surface area contributed by atoms with Gasteiger partial charge in [-0.25, -0.2) is 4.98 Å². The summed E-state index contributed by atoms with van der Waals surface area (Å²) < 4.78 is 2.18. The minimum atomic E-state index is 0.685. The van der Waals surface area contributed by atoms with E-state index in [1.807, 2.05) is 60.8 Å². The van der Waals surface area contributed by atoms with Crippen molar-refractivity contribution in [3.05, 3.63) is 77.7 Å². The molecule has 0 saturated carbocycles. The van der Waals surface area contributed by atoms with Crippen LogP contribution in [0.3, 0.4) is 0 Å². The molecule has 0 unspecified atom stereocenters. The lowest BCUT2D eigenvalue weighted by Gasteiger charge is -2.08. The number of benzene rings is 1. The highest BCUT2D eigenvalue weighted by Gasteiger charge is 2.14. The van der Waals surface area contributed by atoms with Crippen molar-refractivity contribution in [2.45, 2.75) is 13.0 Å². The summed E-state index contributed by atoms with van der Waals surface area (Å²) in [5.74, 6) is 0.851. The fourth-order valence-electron chi connectivity index (χ4n) is 2.79. The van der Waals surface area contributed by atoms with Crippen LogP contribution in [-0.2, 0) is 13.0 Å². The van der Waals surface area contributed by atoms with Gasteiger partial charge in [0, 0.05) is 36.1 Å². The molecule has 0 fully saturated rings. The number of hydrogen-bond donors (Lipinski definition) is 0. The molecule has 4 rings (SSSR count). The second kappa shape index (κ2) is 6.42. The van der Waals surface area contributed by atoms with Gasteiger partial charge in [0.25, 0.3) is 0 Å². The van der Waals surface area contributed by atoms with E-state index in [-0.39, 0.29) is 0 Å². The Labute approximate surface area is 144 Å². The van der Waals surface area contributed by atoms with Crippen LogP contribution in [0.1, 0.15) is 5.69 Å². The van der Waals surface area contributed by atoms with Gasteiger partial charge >= 0.3 is 0 Å². The lowest BCUT2D eigenvalue weighted by molar-refractivity contribution is 0.709. The molecule has 1 aromatic carbocycles. The predicted octanol–water partition coefficient (Wildman–Crippen LogP) is 4.39. The van der Waals surface area contributed by atoms with E-state index in [4.69, 9.17) is 16.6 Å². The zero-order valence-corrected chi connectivity index (χ0v) is 13.7. The number of pyridine rings is 2. The maximum atomic E-state index is 6.12. The number of nitrogens with zero attached hydrogens (tertiary/aromatic N) is 4. The minimum absolute atomic E-state index is 0.685. The van der Waals surface area contributed by atoms with Crippen LogP contribution in [0.2, 0.25) is 5.02 Å². The Hall–Kier alpha value is -2.72. The summed E-state index contributed by atoms with van der Waals surface area (Å²) in [7, 11) is 0. The first-order chi connectivity index (χ1) is 11.8. The highest BCUT2D eigenvalue weighted by atomic mass is 35.5. The number of hydrogen-bond acceptors (Lipinski definition) is 3. The number of aryl methyl sites for hydroxylation is 2. The van der Waals surface area contributed by atoms with Gasteiger partial charge in [-0.1, -0.05) is 23.7 Å². The molecule has 0 aliphatic carbocycles. The van der Waals surface area contributed by atoms with Crippen LogP contribution in [-0.4, -0.2) is 19.5 Å². The SMILES string of the molecule is Clc1ccc2c(c1)nc(-c1ccccn1)n2CCc1ccccn1. The van der Waals surface area contributed by atoms with Crippen LogP contribution < -0.4 is 0 Å². The lowest BCUT2D eigenvalue weighted by atomic mass is 10.2. The van der Waals surface area contributed by atoms with Crippen molar-refractivity contribution >= 4 is 22.6 Å². The van der Waals surface area contributed by atoms with Crippen molar-refractivity contribution in [2.24, 2.45) is 0 Å². The van der Waals surface area contributed by atoms with Gasteiger partial charge in [-0.15, -0.1) is 0 Å². The Kier molecular flexibility index (Phi) is 3.97. The van der Waals surface area contributed by atoms with E-state index in [9.17, 15) is 0 Å². The van der Waals surface area contributed by atoms with Crippen LogP contribution in [0.4, 0.5) is 0 Å². The van der Waals surface area contributed by atoms with Crippen LogP contribution in [0.5, 0.6) is 0 Å². The summed E-state index contributed by atoms with van der Waals surface area (Å²) in [5.41, 5.74) is 3.84. The summed E-state index contributed by atoms with van der Waals surface area (Å²) in [4.78, 5) is 13.6. The number of fused-ring (bicyclic) bond motifs is 1. The Morgan fingerprint density at radius 2 is 1.75 bits per heavy atom. The number of aromatic nitrogens is 4. The monoisotopic (exact) mass is 334 g/mol. The molecule has 4 aromatic rings. The average Bonchev–Trinajstić information content (AvgIpc) is 2.99. The molecule has 3 aromatic heterocycles. The van der Waals surface area contributed by atoms with Crippen molar-refractivity contribution < 1.29 is 0 Å². The van der Waals surface area contributed by atoms with Gasteiger partial charge < -0.3 is 4.57 Å². The first kappa shape index (κ1) is 14.8. The van der Waals surface area contributed by atoms with E-state index in [2.05, 4.69) is 14.5 Å². The molecule has 5 heteroatoms. The standard InChI is InChI=1S/C19H15ClN4/c20-14-7-8-18-17(13-14)23-19(16-6-2-4-11-22-16)24(18)12-9-15-5-1-3-10-21-15/h1-8,10-11,13H,9,12H2. The maximum absolute atomic E-state index is 6.12. The number of halogens is 1. The van der Waals surface area contributed by atoms with Gasteiger partial charge in [0.15, 0.2) is 5.82 Å². The van der Waals surface area contributed by atoms with Crippen LogP contribution in [0.25, 0.3) is 22.6 Å².